The third kappa shape index (κ3) is 5.04. The van der Waals surface area contributed by atoms with E-state index in [1.807, 2.05) is 10.7 Å². The molecule has 6 nitrogen and oxygen atoms in total. The third-order valence-corrected chi connectivity index (χ3v) is 4.67. The quantitative estimate of drug-likeness (QED) is 0.835. The van der Waals surface area contributed by atoms with Crippen LogP contribution in [0.15, 0.2) is 12.3 Å². The first-order valence-corrected chi connectivity index (χ1v) is 8.77. The van der Waals surface area contributed by atoms with Gasteiger partial charge in [-0.05, 0) is 53.2 Å². The smallest absolute Gasteiger partial charge is 0.239 e. The number of carbonyl (C=O) groups is 1. The molecule has 0 aromatic carbocycles. The van der Waals surface area contributed by atoms with E-state index in [1.165, 1.54) is 0 Å². The molecule has 1 fully saturated rings. The van der Waals surface area contributed by atoms with Crippen molar-refractivity contribution in [2.75, 3.05) is 32.0 Å². The maximum absolute atomic E-state index is 12.3. The Morgan fingerprint density at radius 2 is 2.13 bits per heavy atom. The van der Waals surface area contributed by atoms with Gasteiger partial charge in [0.25, 0.3) is 0 Å². The molecule has 0 spiro atoms. The summed E-state index contributed by atoms with van der Waals surface area (Å²) in [4.78, 5) is 17.0. The molecule has 130 valence electrons. The molecule has 2 heterocycles. The summed E-state index contributed by atoms with van der Waals surface area (Å²) in [5, 5.41) is 7.22. The van der Waals surface area contributed by atoms with Crippen molar-refractivity contribution < 1.29 is 4.79 Å². The predicted octanol–water partition coefficient (Wildman–Crippen LogP) is 2.04. The monoisotopic (exact) mass is 321 g/mol. The molecule has 2 rings (SSSR count). The van der Waals surface area contributed by atoms with Gasteiger partial charge in [-0.1, -0.05) is 6.92 Å². The number of hydrogen-bond acceptors (Lipinski definition) is 4. The molecule has 0 bridgehead atoms. The fraction of sp³-hybridized carbons (Fsp3) is 0.765. The Hall–Kier alpha value is -1.40. The minimum atomic E-state index is 0.0386. The van der Waals surface area contributed by atoms with Crippen molar-refractivity contribution in [2.24, 2.45) is 0 Å². The lowest BCUT2D eigenvalue weighted by atomic mass is 10.0. The Morgan fingerprint density at radius 3 is 2.74 bits per heavy atom. The zero-order valence-corrected chi connectivity index (χ0v) is 15.0. The van der Waals surface area contributed by atoms with Gasteiger partial charge in [-0.15, -0.1) is 0 Å². The molecule has 23 heavy (non-hydrogen) atoms. The number of amides is 1. The number of anilines is 1. The van der Waals surface area contributed by atoms with Crippen LogP contribution in [0.4, 0.5) is 5.82 Å². The van der Waals surface area contributed by atoms with Crippen LogP contribution in [0.5, 0.6) is 0 Å². The summed E-state index contributed by atoms with van der Waals surface area (Å²) in [7, 11) is 2.05. The van der Waals surface area contributed by atoms with E-state index in [4.69, 9.17) is 0 Å². The van der Waals surface area contributed by atoms with E-state index >= 15 is 0 Å². The highest BCUT2D eigenvalue weighted by atomic mass is 16.2. The fourth-order valence-electron chi connectivity index (χ4n) is 3.21. The highest BCUT2D eigenvalue weighted by molar-refractivity contribution is 5.91. The molecule has 0 aliphatic carbocycles. The van der Waals surface area contributed by atoms with Gasteiger partial charge in [0.05, 0.1) is 12.7 Å². The van der Waals surface area contributed by atoms with Gasteiger partial charge in [-0.3, -0.25) is 9.69 Å². The summed E-state index contributed by atoms with van der Waals surface area (Å²) in [5.41, 5.74) is 0. The second-order valence-electron chi connectivity index (χ2n) is 6.76. The predicted molar refractivity (Wildman–Crippen MR) is 93.5 cm³/mol. The van der Waals surface area contributed by atoms with Crippen LogP contribution in [0.1, 0.15) is 40.0 Å². The van der Waals surface area contributed by atoms with E-state index in [0.717, 1.165) is 44.7 Å². The van der Waals surface area contributed by atoms with Gasteiger partial charge in [-0.25, -0.2) is 4.68 Å². The molecule has 1 amide bonds. The average molecular weight is 321 g/mol. The number of hydrogen-bond donors (Lipinski definition) is 1. The molecular formula is C17H31N5O. The summed E-state index contributed by atoms with van der Waals surface area (Å²) < 4.78 is 1.85. The van der Waals surface area contributed by atoms with Gasteiger partial charge >= 0.3 is 0 Å². The number of carbonyl (C=O) groups excluding carboxylic acids is 1. The first-order valence-electron chi connectivity index (χ1n) is 8.77. The number of likely N-dealkylation sites (tertiary alicyclic amines) is 1. The SMILES string of the molecule is CCCn1nccc1NC(=O)CN(C)C1CCN(C(C)C)CC1. The van der Waals surface area contributed by atoms with Crippen molar-refractivity contribution in [2.45, 2.75) is 58.7 Å². The highest BCUT2D eigenvalue weighted by Gasteiger charge is 2.24. The molecule has 1 aromatic heterocycles. The van der Waals surface area contributed by atoms with Gasteiger partial charge in [-0.2, -0.15) is 5.10 Å². The van der Waals surface area contributed by atoms with Crippen LogP contribution in [-0.4, -0.2) is 64.3 Å². The topological polar surface area (TPSA) is 53.4 Å². The van der Waals surface area contributed by atoms with Crippen molar-refractivity contribution in [3.05, 3.63) is 12.3 Å². The second-order valence-corrected chi connectivity index (χ2v) is 6.76. The van der Waals surface area contributed by atoms with E-state index < -0.39 is 0 Å². The maximum Gasteiger partial charge on any atom is 0.239 e. The summed E-state index contributed by atoms with van der Waals surface area (Å²) in [5.74, 6) is 0.830. The van der Waals surface area contributed by atoms with Crippen LogP contribution in [0.25, 0.3) is 0 Å². The largest absolute Gasteiger partial charge is 0.310 e. The van der Waals surface area contributed by atoms with E-state index in [2.05, 4.69) is 48.0 Å². The van der Waals surface area contributed by atoms with Crippen molar-refractivity contribution >= 4 is 11.7 Å². The van der Waals surface area contributed by atoms with Crippen LogP contribution in [0.3, 0.4) is 0 Å². The number of likely N-dealkylation sites (N-methyl/N-ethyl adjacent to an activating group) is 1. The van der Waals surface area contributed by atoms with Gasteiger partial charge in [0.1, 0.15) is 5.82 Å². The average Bonchev–Trinajstić information content (AvgIpc) is 2.94. The summed E-state index contributed by atoms with van der Waals surface area (Å²) in [6, 6.07) is 2.97. The van der Waals surface area contributed by atoms with Crippen LogP contribution in [0.2, 0.25) is 0 Å². The molecule has 1 aliphatic heterocycles. The van der Waals surface area contributed by atoms with E-state index in [0.29, 0.717) is 18.6 Å². The maximum atomic E-state index is 12.3. The van der Waals surface area contributed by atoms with Gasteiger partial charge in [0, 0.05) is 24.7 Å². The molecule has 0 radical (unpaired) electrons. The van der Waals surface area contributed by atoms with Crippen LogP contribution in [-0.2, 0) is 11.3 Å². The molecule has 0 unspecified atom stereocenters. The normalized spacial score (nSPS) is 17.1. The molecule has 6 heteroatoms. The number of piperidine rings is 1. The Balaban J connectivity index is 1.80. The molecule has 0 atom stereocenters. The fourth-order valence-corrected chi connectivity index (χ4v) is 3.21. The number of rotatable bonds is 7. The number of aryl methyl sites for hydroxylation is 1. The van der Waals surface area contributed by atoms with Gasteiger partial charge < -0.3 is 10.2 Å². The second kappa shape index (κ2) is 8.45. The highest BCUT2D eigenvalue weighted by Crippen LogP contribution is 2.17. The van der Waals surface area contributed by atoms with Crippen molar-refractivity contribution in [1.29, 1.82) is 0 Å². The van der Waals surface area contributed by atoms with Gasteiger partial charge in [0.2, 0.25) is 5.91 Å². The molecule has 1 aromatic rings. The molecule has 0 saturated carbocycles. The van der Waals surface area contributed by atoms with Crippen LogP contribution < -0.4 is 5.32 Å². The summed E-state index contributed by atoms with van der Waals surface area (Å²) in [6.07, 6.45) is 5.00. The van der Waals surface area contributed by atoms with E-state index in [9.17, 15) is 4.79 Å². The molecule has 1 N–H and O–H groups in total. The lowest BCUT2D eigenvalue weighted by molar-refractivity contribution is -0.117. The summed E-state index contributed by atoms with van der Waals surface area (Å²) in [6.45, 7) is 10.1. The van der Waals surface area contributed by atoms with Gasteiger partial charge in [0.15, 0.2) is 0 Å². The molecule has 1 aliphatic rings. The Bertz CT molecular complexity index is 491. The van der Waals surface area contributed by atoms with E-state index in [-0.39, 0.29) is 5.91 Å². The zero-order valence-electron chi connectivity index (χ0n) is 15.0. The molecular weight excluding hydrogens is 290 g/mol. The lowest BCUT2D eigenvalue weighted by Crippen LogP contribution is -2.47. The minimum absolute atomic E-state index is 0.0386. The number of nitrogens with one attached hydrogen (secondary N) is 1. The summed E-state index contributed by atoms with van der Waals surface area (Å²) >= 11 is 0. The zero-order chi connectivity index (χ0) is 16.8. The Kier molecular flexibility index (Phi) is 6.59. The lowest BCUT2D eigenvalue weighted by Gasteiger charge is -2.38. The Labute approximate surface area is 139 Å². The Morgan fingerprint density at radius 1 is 1.43 bits per heavy atom. The van der Waals surface area contributed by atoms with E-state index in [1.54, 1.807) is 6.20 Å². The number of nitrogens with zero attached hydrogens (tertiary/aromatic N) is 4. The van der Waals surface area contributed by atoms with Crippen LogP contribution in [0, 0.1) is 0 Å². The first kappa shape index (κ1) is 17.9. The third-order valence-electron chi connectivity index (χ3n) is 4.67. The van der Waals surface area contributed by atoms with Crippen molar-refractivity contribution in [3.63, 3.8) is 0 Å². The van der Waals surface area contributed by atoms with Crippen LogP contribution >= 0.6 is 0 Å². The molecule has 1 saturated heterocycles. The standard InChI is InChI=1S/C17H31N5O/c1-5-10-22-16(6-9-18-22)19-17(23)13-20(4)15-7-11-21(12-8-15)14(2)3/h6,9,14-15H,5,7-8,10-13H2,1-4H3,(H,19,23). The number of aromatic nitrogens is 2. The van der Waals surface area contributed by atoms with Crippen molar-refractivity contribution in [1.82, 2.24) is 19.6 Å². The van der Waals surface area contributed by atoms with Crippen molar-refractivity contribution in [3.8, 4) is 0 Å². The minimum Gasteiger partial charge on any atom is -0.310 e. The first-order chi connectivity index (χ1) is 11.0.